The Balaban J connectivity index is 2.23. The molecular weight excluding hydrogens is 222 g/mol. The summed E-state index contributed by atoms with van der Waals surface area (Å²) in [4.78, 5) is 8.72. The number of nitrogens with zero attached hydrogens (tertiary/aromatic N) is 2. The lowest BCUT2D eigenvalue weighted by Crippen LogP contribution is -2.12. The molecule has 4 heteroatoms. The molecule has 0 aliphatic heterocycles. The smallest absolute Gasteiger partial charge is 0.137 e. The summed E-state index contributed by atoms with van der Waals surface area (Å²) < 4.78 is 0. The van der Waals surface area contributed by atoms with Crippen LogP contribution in [-0.2, 0) is 6.42 Å². The van der Waals surface area contributed by atoms with Gasteiger partial charge >= 0.3 is 0 Å². The maximum absolute atomic E-state index is 6.08. The zero-order chi connectivity index (χ0) is 11.9. The third kappa shape index (κ3) is 2.14. The molecule has 1 aromatic heterocycles. The van der Waals surface area contributed by atoms with Crippen LogP contribution in [0.25, 0.3) is 0 Å². The Kier molecular flexibility index (Phi) is 2.82. The first-order valence-electron chi connectivity index (χ1n) is 5.73. The highest BCUT2D eigenvalue weighted by atomic mass is 35.5. The van der Waals surface area contributed by atoms with E-state index < -0.39 is 0 Å². The fraction of sp³-hybridized carbons (Fsp3) is 0.667. The average molecular weight is 240 g/mol. The summed E-state index contributed by atoms with van der Waals surface area (Å²) in [5.74, 6) is 1.70. The van der Waals surface area contributed by atoms with E-state index in [4.69, 9.17) is 11.6 Å². The van der Waals surface area contributed by atoms with Crippen LogP contribution in [-0.4, -0.2) is 16.0 Å². The van der Waals surface area contributed by atoms with Crippen LogP contribution in [0.2, 0.25) is 5.15 Å². The number of rotatable bonds is 3. The fourth-order valence-corrected chi connectivity index (χ4v) is 1.90. The lowest BCUT2D eigenvalue weighted by molar-refractivity contribution is 0.629. The molecule has 1 saturated carbocycles. The van der Waals surface area contributed by atoms with E-state index in [2.05, 4.69) is 29.1 Å². The molecule has 1 heterocycles. The minimum absolute atomic E-state index is 0.385. The Hall–Kier alpha value is -0.830. The quantitative estimate of drug-likeness (QED) is 0.824. The molecule has 3 nitrogen and oxygen atoms in total. The highest BCUT2D eigenvalue weighted by Gasteiger charge is 2.46. The molecule has 0 aromatic carbocycles. The molecule has 16 heavy (non-hydrogen) atoms. The second kappa shape index (κ2) is 3.88. The summed E-state index contributed by atoms with van der Waals surface area (Å²) in [6, 6.07) is 0.516. The van der Waals surface area contributed by atoms with Gasteiger partial charge in [-0.2, -0.15) is 0 Å². The number of hydrogen-bond acceptors (Lipinski definition) is 3. The molecule has 1 aliphatic rings. The highest BCUT2D eigenvalue weighted by molar-refractivity contribution is 6.30. The van der Waals surface area contributed by atoms with Crippen LogP contribution in [0.15, 0.2) is 0 Å². The van der Waals surface area contributed by atoms with Crippen LogP contribution < -0.4 is 5.32 Å². The summed E-state index contributed by atoms with van der Waals surface area (Å²) >= 11 is 6.08. The molecular formula is C12H18ClN3. The van der Waals surface area contributed by atoms with Gasteiger partial charge in [0.25, 0.3) is 0 Å². The van der Waals surface area contributed by atoms with Crippen molar-refractivity contribution in [1.82, 2.24) is 9.97 Å². The van der Waals surface area contributed by atoms with Gasteiger partial charge in [-0.3, -0.25) is 0 Å². The Morgan fingerprint density at radius 2 is 2.06 bits per heavy atom. The van der Waals surface area contributed by atoms with Crippen molar-refractivity contribution < 1.29 is 0 Å². The highest BCUT2D eigenvalue weighted by Crippen LogP contribution is 2.46. The fourth-order valence-electron chi connectivity index (χ4n) is 1.71. The summed E-state index contributed by atoms with van der Waals surface area (Å²) in [6.45, 7) is 8.50. The largest absolute Gasteiger partial charge is 0.366 e. The van der Waals surface area contributed by atoms with E-state index in [1.54, 1.807) is 0 Å². The minimum Gasteiger partial charge on any atom is -0.366 e. The van der Waals surface area contributed by atoms with Crippen LogP contribution in [0.1, 0.15) is 38.6 Å². The molecule has 1 aromatic rings. The van der Waals surface area contributed by atoms with Gasteiger partial charge in [0.1, 0.15) is 16.8 Å². The molecule has 2 rings (SSSR count). The van der Waals surface area contributed by atoms with Crippen molar-refractivity contribution in [2.75, 3.05) is 5.32 Å². The number of anilines is 1. The third-order valence-electron chi connectivity index (χ3n) is 3.27. The average Bonchev–Trinajstić information content (AvgIpc) is 2.81. The topological polar surface area (TPSA) is 37.8 Å². The number of aromatic nitrogens is 2. The van der Waals surface area contributed by atoms with Crippen LogP contribution in [0.5, 0.6) is 0 Å². The Bertz CT molecular complexity index is 415. The first-order valence-corrected chi connectivity index (χ1v) is 6.11. The second-order valence-electron chi connectivity index (χ2n) is 5.15. The van der Waals surface area contributed by atoms with E-state index in [0.29, 0.717) is 16.6 Å². The molecule has 1 aliphatic carbocycles. The Morgan fingerprint density at radius 1 is 1.44 bits per heavy atom. The molecule has 0 radical (unpaired) electrons. The second-order valence-corrected chi connectivity index (χ2v) is 5.51. The van der Waals surface area contributed by atoms with Crippen molar-refractivity contribution in [1.29, 1.82) is 0 Å². The molecule has 0 bridgehead atoms. The predicted octanol–water partition coefficient (Wildman–Crippen LogP) is 3.21. The molecule has 88 valence electrons. The molecule has 0 amide bonds. The van der Waals surface area contributed by atoms with Gasteiger partial charge in [-0.1, -0.05) is 32.4 Å². The van der Waals surface area contributed by atoms with Crippen LogP contribution in [0.3, 0.4) is 0 Å². The lowest BCUT2D eigenvalue weighted by atomic mass is 10.2. The van der Waals surface area contributed by atoms with E-state index in [0.717, 1.165) is 23.6 Å². The van der Waals surface area contributed by atoms with Crippen molar-refractivity contribution in [2.45, 2.75) is 46.6 Å². The van der Waals surface area contributed by atoms with E-state index in [-0.39, 0.29) is 0 Å². The number of aryl methyl sites for hydroxylation is 1. The molecule has 1 atom stereocenters. The van der Waals surface area contributed by atoms with Crippen LogP contribution in [0.4, 0.5) is 5.82 Å². The monoisotopic (exact) mass is 239 g/mol. The number of nitrogens with one attached hydrogen (secondary N) is 1. The van der Waals surface area contributed by atoms with Gasteiger partial charge in [-0.25, -0.2) is 9.97 Å². The molecule has 0 saturated heterocycles. The molecule has 1 fully saturated rings. The lowest BCUT2D eigenvalue weighted by Gasteiger charge is -2.12. The zero-order valence-corrected chi connectivity index (χ0v) is 11.0. The van der Waals surface area contributed by atoms with Crippen molar-refractivity contribution >= 4 is 17.4 Å². The third-order valence-corrected chi connectivity index (χ3v) is 3.64. The van der Waals surface area contributed by atoms with Crippen molar-refractivity contribution in [3.8, 4) is 0 Å². The van der Waals surface area contributed by atoms with Crippen LogP contribution >= 0.6 is 11.6 Å². The van der Waals surface area contributed by atoms with Gasteiger partial charge in [0.05, 0.1) is 0 Å². The van der Waals surface area contributed by atoms with Gasteiger partial charge in [0.2, 0.25) is 0 Å². The maximum Gasteiger partial charge on any atom is 0.137 e. The van der Waals surface area contributed by atoms with Crippen molar-refractivity contribution in [2.24, 2.45) is 5.41 Å². The predicted molar refractivity (Wildman–Crippen MR) is 67.0 cm³/mol. The molecule has 0 spiro atoms. The van der Waals surface area contributed by atoms with Gasteiger partial charge in [0, 0.05) is 18.0 Å². The van der Waals surface area contributed by atoms with Gasteiger partial charge in [0.15, 0.2) is 0 Å². The normalized spacial score (nSPS) is 21.9. The van der Waals surface area contributed by atoms with E-state index in [1.165, 1.54) is 6.42 Å². The van der Waals surface area contributed by atoms with Crippen molar-refractivity contribution in [3.63, 3.8) is 0 Å². The van der Waals surface area contributed by atoms with Gasteiger partial charge < -0.3 is 5.32 Å². The summed E-state index contributed by atoms with van der Waals surface area (Å²) in [6.07, 6.45) is 2.00. The summed E-state index contributed by atoms with van der Waals surface area (Å²) in [5.41, 5.74) is 1.33. The molecule has 1 N–H and O–H groups in total. The van der Waals surface area contributed by atoms with E-state index in [1.807, 2.05) is 13.8 Å². The maximum atomic E-state index is 6.08. The van der Waals surface area contributed by atoms with E-state index in [9.17, 15) is 0 Å². The summed E-state index contributed by atoms with van der Waals surface area (Å²) in [5, 5.41) is 4.02. The SMILES string of the molecule is CCc1nc(Cl)c(C)c(NC2CC2(C)C)n1. The minimum atomic E-state index is 0.385. The van der Waals surface area contributed by atoms with E-state index >= 15 is 0 Å². The van der Waals surface area contributed by atoms with Gasteiger partial charge in [-0.05, 0) is 18.8 Å². The summed E-state index contributed by atoms with van der Waals surface area (Å²) in [7, 11) is 0. The Morgan fingerprint density at radius 3 is 2.56 bits per heavy atom. The first kappa shape index (κ1) is 11.6. The van der Waals surface area contributed by atoms with Gasteiger partial charge in [-0.15, -0.1) is 0 Å². The van der Waals surface area contributed by atoms with Crippen molar-refractivity contribution in [3.05, 3.63) is 16.5 Å². The zero-order valence-electron chi connectivity index (χ0n) is 10.3. The van der Waals surface area contributed by atoms with Crippen LogP contribution in [0, 0.1) is 12.3 Å². The number of hydrogen-bond donors (Lipinski definition) is 1. The molecule has 1 unspecified atom stereocenters. The first-order chi connectivity index (χ1) is 7.44. The Labute approximate surface area is 102 Å². The number of halogens is 1. The standard InChI is InChI=1S/C12H18ClN3/c1-5-9-15-10(13)7(2)11(16-9)14-8-6-12(8,3)4/h8H,5-6H2,1-4H3,(H,14,15,16).